The highest BCUT2D eigenvalue weighted by molar-refractivity contribution is 5.88. The Balaban J connectivity index is 1.91. The highest BCUT2D eigenvalue weighted by Crippen LogP contribution is 2.27. The molecule has 3 aromatic rings. The molecule has 25 heavy (non-hydrogen) atoms. The van der Waals surface area contributed by atoms with E-state index in [1.807, 2.05) is 0 Å². The van der Waals surface area contributed by atoms with Crippen molar-refractivity contribution in [3.8, 4) is 5.75 Å². The van der Waals surface area contributed by atoms with Gasteiger partial charge in [0.2, 0.25) is 0 Å². The number of nitrogens with zero attached hydrogens (tertiary/aromatic N) is 3. The number of esters is 1. The van der Waals surface area contributed by atoms with E-state index in [0.29, 0.717) is 5.65 Å². The van der Waals surface area contributed by atoms with Gasteiger partial charge in [-0.05, 0) is 37.3 Å². The number of hydrogen-bond acceptors (Lipinski definition) is 5. The minimum absolute atomic E-state index is 0.0275. The molecule has 0 aliphatic rings. The van der Waals surface area contributed by atoms with Gasteiger partial charge in [0.05, 0.1) is 18.5 Å². The molecule has 0 amide bonds. The van der Waals surface area contributed by atoms with Crippen LogP contribution in [0.4, 0.5) is 8.78 Å². The topological polar surface area (TPSA) is 76.7 Å². The molecule has 1 N–H and O–H groups in total. The zero-order valence-electron chi connectivity index (χ0n) is 13.3. The van der Waals surface area contributed by atoms with E-state index < -0.39 is 18.0 Å². The number of phenolic OH excluding ortho intramolecular Hbond substituents is 1. The molecule has 0 saturated heterocycles. The number of halogens is 2. The fourth-order valence-corrected chi connectivity index (χ4v) is 2.41. The summed E-state index contributed by atoms with van der Waals surface area (Å²) in [7, 11) is 0. The third-order valence-corrected chi connectivity index (χ3v) is 3.63. The number of carbonyl (C=O) groups is 1. The van der Waals surface area contributed by atoms with Crippen molar-refractivity contribution < 1.29 is 23.4 Å². The summed E-state index contributed by atoms with van der Waals surface area (Å²) in [4.78, 5) is 15.9. The second-order valence-corrected chi connectivity index (χ2v) is 5.34. The first kappa shape index (κ1) is 16.8. The van der Waals surface area contributed by atoms with Crippen molar-refractivity contribution in [2.24, 2.45) is 0 Å². The van der Waals surface area contributed by atoms with E-state index in [-0.39, 0.29) is 35.7 Å². The van der Waals surface area contributed by atoms with Crippen molar-refractivity contribution in [1.29, 1.82) is 0 Å². The third-order valence-electron chi connectivity index (χ3n) is 3.63. The predicted molar refractivity (Wildman–Crippen MR) is 84.6 cm³/mol. The number of aromatic nitrogens is 3. The zero-order valence-corrected chi connectivity index (χ0v) is 13.3. The van der Waals surface area contributed by atoms with Crippen LogP contribution in [0.3, 0.4) is 0 Å². The van der Waals surface area contributed by atoms with Crippen LogP contribution >= 0.6 is 0 Å². The number of aromatic hydroxyl groups is 1. The zero-order chi connectivity index (χ0) is 18.0. The molecular formula is C17H15F2N3O3. The maximum Gasteiger partial charge on any atom is 0.358 e. The average Bonchev–Trinajstić information content (AvgIpc) is 3.01. The smallest absolute Gasteiger partial charge is 0.358 e. The number of alkyl halides is 1. The van der Waals surface area contributed by atoms with E-state index >= 15 is 0 Å². The molecule has 2 heterocycles. The van der Waals surface area contributed by atoms with Crippen LogP contribution < -0.4 is 0 Å². The van der Waals surface area contributed by atoms with Crippen LogP contribution in [-0.4, -0.2) is 32.3 Å². The Morgan fingerprint density at radius 1 is 1.36 bits per heavy atom. The van der Waals surface area contributed by atoms with Gasteiger partial charge < -0.3 is 9.84 Å². The second kappa shape index (κ2) is 6.84. The molecule has 8 heteroatoms. The molecule has 0 fully saturated rings. The van der Waals surface area contributed by atoms with Gasteiger partial charge >= 0.3 is 5.97 Å². The monoisotopic (exact) mass is 347 g/mol. The first-order valence-corrected chi connectivity index (χ1v) is 7.63. The number of benzene rings is 1. The van der Waals surface area contributed by atoms with Crippen molar-refractivity contribution >= 4 is 11.6 Å². The average molecular weight is 347 g/mol. The van der Waals surface area contributed by atoms with Crippen molar-refractivity contribution in [2.75, 3.05) is 6.61 Å². The lowest BCUT2D eigenvalue weighted by Crippen LogP contribution is -2.11. The number of imidazole rings is 1. The summed E-state index contributed by atoms with van der Waals surface area (Å²) < 4.78 is 34.0. The fourth-order valence-electron chi connectivity index (χ4n) is 2.41. The van der Waals surface area contributed by atoms with Crippen LogP contribution in [0, 0.1) is 5.82 Å². The minimum Gasteiger partial charge on any atom is -0.508 e. The van der Waals surface area contributed by atoms with Gasteiger partial charge in [-0.15, -0.1) is 0 Å². The lowest BCUT2D eigenvalue weighted by Gasteiger charge is -2.10. The fraction of sp³-hybridized carbons (Fsp3) is 0.235. The van der Waals surface area contributed by atoms with Gasteiger partial charge in [-0.3, -0.25) is 0 Å². The van der Waals surface area contributed by atoms with Gasteiger partial charge in [-0.1, -0.05) is 0 Å². The van der Waals surface area contributed by atoms with E-state index in [9.17, 15) is 18.7 Å². The van der Waals surface area contributed by atoms with Crippen LogP contribution in [0.25, 0.3) is 5.65 Å². The highest BCUT2D eigenvalue weighted by Gasteiger charge is 2.19. The number of ether oxygens (including phenoxy) is 1. The highest BCUT2D eigenvalue weighted by atomic mass is 19.1. The van der Waals surface area contributed by atoms with Crippen molar-refractivity contribution in [3.63, 3.8) is 0 Å². The van der Waals surface area contributed by atoms with Gasteiger partial charge in [0, 0.05) is 12.0 Å². The number of phenols is 1. The Kier molecular flexibility index (Phi) is 4.60. The molecule has 3 rings (SSSR count). The van der Waals surface area contributed by atoms with Gasteiger partial charge in [0.15, 0.2) is 11.3 Å². The van der Waals surface area contributed by atoms with E-state index in [2.05, 4.69) is 10.1 Å². The molecule has 0 bridgehead atoms. The summed E-state index contributed by atoms with van der Waals surface area (Å²) in [5.41, 5.74) is 0.609. The van der Waals surface area contributed by atoms with Gasteiger partial charge in [-0.25, -0.2) is 23.1 Å². The molecule has 130 valence electrons. The molecular weight excluding hydrogens is 332 g/mol. The van der Waals surface area contributed by atoms with Gasteiger partial charge in [0.1, 0.15) is 17.7 Å². The largest absolute Gasteiger partial charge is 0.508 e. The summed E-state index contributed by atoms with van der Waals surface area (Å²) in [5, 5.41) is 13.8. The van der Waals surface area contributed by atoms with Crippen molar-refractivity contribution in [3.05, 3.63) is 59.3 Å². The van der Waals surface area contributed by atoms with Gasteiger partial charge in [-0.2, -0.15) is 5.10 Å². The number of fused-ring (bicyclic) bond motifs is 1. The normalized spacial score (nSPS) is 12.3. The molecule has 0 aliphatic heterocycles. The molecule has 2 aromatic heterocycles. The summed E-state index contributed by atoms with van der Waals surface area (Å²) >= 11 is 0. The lowest BCUT2D eigenvalue weighted by molar-refractivity contribution is 0.0516. The van der Waals surface area contributed by atoms with Crippen LogP contribution in [0.5, 0.6) is 5.75 Å². The third kappa shape index (κ3) is 3.42. The van der Waals surface area contributed by atoms with Crippen LogP contribution in [-0.2, 0) is 11.2 Å². The van der Waals surface area contributed by atoms with Crippen molar-refractivity contribution in [2.45, 2.75) is 19.5 Å². The quantitative estimate of drug-likeness (QED) is 0.718. The molecule has 0 saturated carbocycles. The molecule has 1 unspecified atom stereocenters. The molecule has 0 aliphatic carbocycles. The Labute approximate surface area is 141 Å². The SMILES string of the molecule is CCOC(=O)c1cnc2ccc(C(F)Cc3cc(F)ccc3O)nn12. The predicted octanol–water partition coefficient (Wildman–Crippen LogP) is 3.00. The van der Waals surface area contributed by atoms with Crippen LogP contribution in [0.15, 0.2) is 36.5 Å². The van der Waals surface area contributed by atoms with E-state index in [1.165, 1.54) is 28.9 Å². The standard InChI is InChI=1S/C17H15F2N3O3/c1-2-25-17(24)14-9-20-16-6-4-13(21-22(14)16)12(19)8-10-7-11(18)3-5-15(10)23/h3-7,9,12,23H,2,8H2,1H3. The first-order chi connectivity index (χ1) is 12.0. The minimum atomic E-state index is -1.60. The molecule has 0 radical (unpaired) electrons. The Hall–Kier alpha value is -3.03. The van der Waals surface area contributed by atoms with E-state index in [1.54, 1.807) is 6.92 Å². The number of carbonyl (C=O) groups excluding carboxylic acids is 1. The number of rotatable bonds is 5. The molecule has 0 spiro atoms. The molecule has 1 atom stereocenters. The Morgan fingerprint density at radius 2 is 2.16 bits per heavy atom. The Morgan fingerprint density at radius 3 is 2.92 bits per heavy atom. The first-order valence-electron chi connectivity index (χ1n) is 7.63. The summed E-state index contributed by atoms with van der Waals surface area (Å²) in [6, 6.07) is 6.28. The summed E-state index contributed by atoms with van der Waals surface area (Å²) in [6.45, 7) is 1.86. The second-order valence-electron chi connectivity index (χ2n) is 5.34. The van der Waals surface area contributed by atoms with Crippen LogP contribution in [0.2, 0.25) is 0 Å². The number of hydrogen-bond donors (Lipinski definition) is 1. The summed E-state index contributed by atoms with van der Waals surface area (Å²) in [6.07, 6.45) is -0.559. The lowest BCUT2D eigenvalue weighted by atomic mass is 10.1. The van der Waals surface area contributed by atoms with E-state index in [0.717, 1.165) is 12.1 Å². The molecule has 6 nitrogen and oxygen atoms in total. The Bertz CT molecular complexity index is 927. The maximum atomic E-state index is 14.6. The van der Waals surface area contributed by atoms with Crippen LogP contribution in [0.1, 0.15) is 34.8 Å². The maximum absolute atomic E-state index is 14.6. The van der Waals surface area contributed by atoms with Crippen molar-refractivity contribution in [1.82, 2.24) is 14.6 Å². The molecule has 1 aromatic carbocycles. The van der Waals surface area contributed by atoms with E-state index in [4.69, 9.17) is 4.74 Å². The summed E-state index contributed by atoms with van der Waals surface area (Å²) in [5.74, 6) is -1.37. The van der Waals surface area contributed by atoms with Gasteiger partial charge in [0.25, 0.3) is 0 Å².